The van der Waals surface area contributed by atoms with Crippen LogP contribution in [0.5, 0.6) is 5.75 Å². The highest BCUT2D eigenvalue weighted by Gasteiger charge is 2.49. The third-order valence-corrected chi connectivity index (χ3v) is 8.65. The molecule has 1 saturated heterocycles. The summed E-state index contributed by atoms with van der Waals surface area (Å²) in [5.41, 5.74) is -5.79. The summed E-state index contributed by atoms with van der Waals surface area (Å²) in [7, 11) is -11.7. The lowest BCUT2D eigenvalue weighted by Gasteiger charge is -2.11. The lowest BCUT2D eigenvalue weighted by Crippen LogP contribution is -2.42. The molecule has 1 aromatic rings. The van der Waals surface area contributed by atoms with Gasteiger partial charge in [0, 0.05) is 10.9 Å². The van der Waals surface area contributed by atoms with Crippen LogP contribution in [-0.2, 0) is 36.0 Å². The topological polar surface area (TPSA) is 107 Å². The van der Waals surface area contributed by atoms with Crippen LogP contribution in [0.1, 0.15) is 13.3 Å². The Morgan fingerprint density at radius 2 is 1.72 bits per heavy atom. The molecule has 0 radical (unpaired) electrons. The van der Waals surface area contributed by atoms with E-state index in [1.165, 1.54) is 24.3 Å². The molecule has 2 unspecified atom stereocenters. The first-order valence-electron chi connectivity index (χ1n) is 6.69. The lowest BCUT2D eigenvalue weighted by molar-refractivity contribution is -0.117. The van der Waals surface area contributed by atoms with Crippen molar-refractivity contribution >= 4 is 37.0 Å². The van der Waals surface area contributed by atoms with Crippen LogP contribution in [0.2, 0.25) is 0 Å². The second-order valence-electron chi connectivity index (χ2n) is 5.03. The molecule has 1 heterocycles. The van der Waals surface area contributed by atoms with Crippen LogP contribution in [0, 0.1) is 0 Å². The van der Waals surface area contributed by atoms with Crippen molar-refractivity contribution in [2.75, 3.05) is 5.75 Å². The third kappa shape index (κ3) is 4.65. The molecule has 13 heteroatoms. The number of rotatable bonds is 5. The molecule has 2 atom stereocenters. The Bertz CT molecular complexity index is 864. The smallest absolute Gasteiger partial charge is 0.370 e. The highest BCUT2D eigenvalue weighted by atomic mass is 32.3. The third-order valence-electron chi connectivity index (χ3n) is 3.30. The molecule has 1 aliphatic heterocycles. The van der Waals surface area contributed by atoms with Gasteiger partial charge in [-0.15, -0.1) is 0 Å². The summed E-state index contributed by atoms with van der Waals surface area (Å²) < 4.78 is 85.9. The average molecular weight is 420 g/mol. The fourth-order valence-electron chi connectivity index (χ4n) is 2.07. The average Bonchev–Trinajstić information content (AvgIpc) is 2.77. The van der Waals surface area contributed by atoms with E-state index in [0.29, 0.717) is 16.3 Å². The van der Waals surface area contributed by atoms with Crippen molar-refractivity contribution in [1.82, 2.24) is 4.13 Å². The van der Waals surface area contributed by atoms with Crippen molar-refractivity contribution < 1.29 is 39.0 Å². The number of ketones is 1. The van der Waals surface area contributed by atoms with Gasteiger partial charge in [0.25, 0.3) is 0 Å². The Morgan fingerprint density at radius 3 is 2.16 bits per heavy atom. The molecule has 0 aliphatic carbocycles. The molecule has 1 aliphatic rings. The van der Waals surface area contributed by atoms with E-state index in [1.807, 2.05) is 0 Å². The summed E-state index contributed by atoms with van der Waals surface area (Å²) in [5.74, 6) is 0.437. The van der Waals surface area contributed by atoms with Gasteiger partial charge in [0.05, 0.1) is 6.42 Å². The lowest BCUT2D eigenvalue weighted by atomic mass is 10.2. The van der Waals surface area contributed by atoms with E-state index >= 15 is 0 Å². The summed E-state index contributed by atoms with van der Waals surface area (Å²) in [5, 5.41) is -0.158. The van der Waals surface area contributed by atoms with Gasteiger partial charge in [-0.1, -0.05) is 4.13 Å². The maximum absolute atomic E-state index is 12.2. The Labute approximate surface area is 145 Å². The number of alkyl halides is 3. The van der Waals surface area contributed by atoms with Gasteiger partial charge >= 0.3 is 25.8 Å². The van der Waals surface area contributed by atoms with Crippen LogP contribution in [0.25, 0.3) is 0 Å². The molecule has 25 heavy (non-hydrogen) atoms. The van der Waals surface area contributed by atoms with E-state index in [1.54, 1.807) is 6.92 Å². The minimum Gasteiger partial charge on any atom is -0.370 e. The predicted octanol–water partition coefficient (Wildman–Crippen LogP) is 1.09. The monoisotopic (exact) mass is 420 g/mol. The summed E-state index contributed by atoms with van der Waals surface area (Å²) >= 11 is 0. The van der Waals surface area contributed by atoms with Gasteiger partial charge in [-0.2, -0.15) is 21.6 Å². The first-order chi connectivity index (χ1) is 11.3. The van der Waals surface area contributed by atoms with Gasteiger partial charge < -0.3 is 4.18 Å². The quantitative estimate of drug-likeness (QED) is 0.715. The molecule has 1 fully saturated rings. The molecular weight excluding hydrogens is 407 g/mol. The molecule has 1 aromatic carbocycles. The number of carbonyl (C=O) groups is 1. The first-order valence-corrected chi connectivity index (χ1v) is 11.0. The molecule has 2 rings (SSSR count). The number of hydrogen-bond donors (Lipinski definition) is 1. The van der Waals surface area contributed by atoms with E-state index in [4.69, 9.17) is 0 Å². The van der Waals surface area contributed by atoms with Gasteiger partial charge in [-0.05, 0) is 31.2 Å². The zero-order chi connectivity index (χ0) is 19.0. The van der Waals surface area contributed by atoms with Crippen LogP contribution in [0.3, 0.4) is 0 Å². The van der Waals surface area contributed by atoms with Crippen LogP contribution in [0.15, 0.2) is 29.2 Å². The highest BCUT2D eigenvalue weighted by Crippen LogP contribution is 2.29. The maximum Gasteiger partial charge on any atom is 0.512 e. The Hall–Kier alpha value is -1.31. The standard InChI is InChI=1S/C12H13F3NO6S3/c1-8-11(17)6-7-23(8)10-4-2-9(3-5-10)22-25(20,21)16-24(18,19)12(13,14)15/h2-5,8,16H,6-7H2,1H3/q+1. The fraction of sp³-hybridized carbons (Fsp3) is 0.417. The van der Waals surface area contributed by atoms with Crippen molar-refractivity contribution in [3.05, 3.63) is 24.3 Å². The number of halogens is 3. The van der Waals surface area contributed by atoms with Crippen LogP contribution < -0.4 is 8.31 Å². The van der Waals surface area contributed by atoms with Crippen molar-refractivity contribution in [1.29, 1.82) is 0 Å². The second-order valence-corrected chi connectivity index (χ2v) is 10.7. The van der Waals surface area contributed by atoms with E-state index in [2.05, 4.69) is 4.18 Å². The molecule has 0 aromatic heterocycles. The number of nitrogens with one attached hydrogen (secondary N) is 1. The van der Waals surface area contributed by atoms with E-state index in [-0.39, 0.29) is 27.7 Å². The second kappa shape index (κ2) is 6.78. The molecule has 1 N–H and O–H groups in total. The van der Waals surface area contributed by atoms with Gasteiger partial charge in [-0.3, -0.25) is 4.79 Å². The molecule has 0 spiro atoms. The Morgan fingerprint density at radius 1 is 1.16 bits per heavy atom. The van der Waals surface area contributed by atoms with Gasteiger partial charge in [-0.25, -0.2) is 8.42 Å². The fourth-order valence-corrected chi connectivity index (χ4v) is 6.36. The molecule has 0 bridgehead atoms. The summed E-state index contributed by atoms with van der Waals surface area (Å²) in [6.07, 6.45) is 0.454. The highest BCUT2D eigenvalue weighted by molar-refractivity contribution is 8.03. The number of benzene rings is 1. The van der Waals surface area contributed by atoms with Crippen LogP contribution >= 0.6 is 0 Å². The van der Waals surface area contributed by atoms with Crippen molar-refractivity contribution in [2.24, 2.45) is 0 Å². The van der Waals surface area contributed by atoms with Gasteiger partial charge in [0.1, 0.15) is 11.5 Å². The largest absolute Gasteiger partial charge is 0.512 e. The molecule has 140 valence electrons. The minimum atomic E-state index is -6.11. The minimum absolute atomic E-state index is 0.132. The Kier molecular flexibility index (Phi) is 5.42. The van der Waals surface area contributed by atoms with E-state index in [0.717, 1.165) is 4.90 Å². The predicted molar refractivity (Wildman–Crippen MR) is 83.7 cm³/mol. The summed E-state index contributed by atoms with van der Waals surface area (Å²) in [6.45, 7) is 1.79. The zero-order valence-electron chi connectivity index (χ0n) is 12.6. The number of Topliss-reactive ketones (excluding diaryl/α,β-unsaturated/α-hetero) is 1. The number of carbonyl (C=O) groups excluding carboxylic acids is 1. The summed E-state index contributed by atoms with van der Waals surface area (Å²) in [4.78, 5) is 12.3. The number of sulfonamides is 1. The molecule has 7 nitrogen and oxygen atoms in total. The number of hydrogen-bond acceptors (Lipinski definition) is 6. The van der Waals surface area contributed by atoms with Gasteiger partial charge in [0.15, 0.2) is 15.9 Å². The van der Waals surface area contributed by atoms with Crippen molar-refractivity contribution in [2.45, 2.75) is 29.0 Å². The van der Waals surface area contributed by atoms with Crippen LogP contribution in [0.4, 0.5) is 13.2 Å². The Balaban J connectivity index is 2.12. The van der Waals surface area contributed by atoms with Crippen LogP contribution in [-0.4, -0.2) is 39.1 Å². The zero-order valence-corrected chi connectivity index (χ0v) is 15.1. The van der Waals surface area contributed by atoms with Crippen molar-refractivity contribution in [3.8, 4) is 5.75 Å². The first kappa shape index (κ1) is 20.0. The molecule has 0 saturated carbocycles. The van der Waals surface area contributed by atoms with E-state index in [9.17, 15) is 34.8 Å². The van der Waals surface area contributed by atoms with Gasteiger partial charge in [0.2, 0.25) is 0 Å². The normalized spacial score (nSPS) is 22.2. The molecule has 0 amide bonds. The maximum atomic E-state index is 12.2. The molecular formula is C12H13F3NO6S3+. The van der Waals surface area contributed by atoms with E-state index < -0.39 is 25.8 Å². The SMILES string of the molecule is CC1C(=O)CC[S+]1c1ccc(OS(=O)(=O)NS(=O)(=O)C(F)(F)F)cc1. The van der Waals surface area contributed by atoms with Crippen molar-refractivity contribution in [3.63, 3.8) is 0 Å². The summed E-state index contributed by atoms with van der Waals surface area (Å²) in [6, 6.07) is 5.33.